The van der Waals surface area contributed by atoms with Crippen molar-refractivity contribution in [3.63, 3.8) is 0 Å². The molecule has 1 N–H and O–H groups in total. The first-order valence-electron chi connectivity index (χ1n) is 6.87. The van der Waals surface area contributed by atoms with Crippen molar-refractivity contribution >= 4 is 5.97 Å². The number of nitrogens with zero attached hydrogens (tertiary/aromatic N) is 1. The predicted octanol–water partition coefficient (Wildman–Crippen LogP) is 2.14. The van der Waals surface area contributed by atoms with E-state index < -0.39 is 5.97 Å². The van der Waals surface area contributed by atoms with Crippen LogP contribution in [0.2, 0.25) is 0 Å². The molecule has 0 aliphatic carbocycles. The molecule has 1 atom stereocenters. The maximum absolute atomic E-state index is 10.5. The first-order chi connectivity index (χ1) is 9.56. The Hall–Kier alpha value is -1.75. The summed E-state index contributed by atoms with van der Waals surface area (Å²) in [7, 11) is 2.03. The van der Waals surface area contributed by atoms with Crippen molar-refractivity contribution in [3.05, 3.63) is 23.8 Å². The lowest BCUT2D eigenvalue weighted by molar-refractivity contribution is -0.137. The third-order valence-electron chi connectivity index (χ3n) is 3.62. The molecule has 1 unspecified atom stereocenters. The lowest BCUT2D eigenvalue weighted by Gasteiger charge is -2.24. The van der Waals surface area contributed by atoms with Gasteiger partial charge in [0.1, 0.15) is 0 Å². The molecule has 0 bridgehead atoms. The quantitative estimate of drug-likeness (QED) is 0.828. The molecule has 0 saturated carbocycles. The van der Waals surface area contributed by atoms with E-state index in [2.05, 4.69) is 17.9 Å². The van der Waals surface area contributed by atoms with Gasteiger partial charge in [-0.05, 0) is 51.1 Å². The number of carboxylic acid groups (broad SMARTS) is 1. The summed E-state index contributed by atoms with van der Waals surface area (Å²) in [6, 6.07) is 6.36. The van der Waals surface area contributed by atoms with E-state index in [0.29, 0.717) is 19.3 Å². The van der Waals surface area contributed by atoms with Crippen LogP contribution < -0.4 is 9.47 Å². The van der Waals surface area contributed by atoms with E-state index in [9.17, 15) is 4.79 Å². The van der Waals surface area contributed by atoms with Crippen LogP contribution in [-0.4, -0.2) is 42.4 Å². The van der Waals surface area contributed by atoms with Crippen LogP contribution in [0.5, 0.6) is 11.5 Å². The summed E-state index contributed by atoms with van der Waals surface area (Å²) in [6.07, 6.45) is 1.80. The topological polar surface area (TPSA) is 59.0 Å². The van der Waals surface area contributed by atoms with E-state index in [-0.39, 0.29) is 6.42 Å². The maximum Gasteiger partial charge on any atom is 0.303 e. The van der Waals surface area contributed by atoms with Crippen LogP contribution in [0.25, 0.3) is 0 Å². The average molecular weight is 279 g/mol. The van der Waals surface area contributed by atoms with E-state index in [4.69, 9.17) is 14.6 Å². The van der Waals surface area contributed by atoms with Gasteiger partial charge >= 0.3 is 5.97 Å². The molecule has 1 aliphatic rings. The Bertz CT molecular complexity index is 475. The fourth-order valence-electron chi connectivity index (χ4n) is 2.26. The number of benzene rings is 1. The highest BCUT2D eigenvalue weighted by atomic mass is 16.7. The summed E-state index contributed by atoms with van der Waals surface area (Å²) in [4.78, 5) is 12.7. The smallest absolute Gasteiger partial charge is 0.303 e. The Kier molecular flexibility index (Phi) is 4.84. The number of hydrogen-bond acceptors (Lipinski definition) is 4. The normalized spacial score (nSPS) is 14.6. The highest BCUT2D eigenvalue weighted by Crippen LogP contribution is 2.32. The Morgan fingerprint density at radius 2 is 2.15 bits per heavy atom. The van der Waals surface area contributed by atoms with E-state index in [1.165, 1.54) is 5.56 Å². The summed E-state index contributed by atoms with van der Waals surface area (Å²) in [5.41, 5.74) is 1.20. The van der Waals surface area contributed by atoms with Gasteiger partial charge in [-0.2, -0.15) is 0 Å². The molecule has 1 aromatic carbocycles. The van der Waals surface area contributed by atoms with Crippen molar-refractivity contribution in [2.75, 3.05) is 20.4 Å². The van der Waals surface area contributed by atoms with Crippen molar-refractivity contribution in [1.82, 2.24) is 4.90 Å². The minimum absolute atomic E-state index is 0.223. The number of carboxylic acids is 1. The average Bonchev–Trinajstić information content (AvgIpc) is 2.85. The minimum atomic E-state index is -0.734. The summed E-state index contributed by atoms with van der Waals surface area (Å²) in [5.74, 6) is 0.876. The van der Waals surface area contributed by atoms with Crippen LogP contribution >= 0.6 is 0 Å². The molecular formula is C15H21NO4. The zero-order valence-corrected chi connectivity index (χ0v) is 12.0. The molecule has 0 fully saturated rings. The zero-order chi connectivity index (χ0) is 14.5. The molecule has 5 heteroatoms. The second-order valence-electron chi connectivity index (χ2n) is 5.22. The number of carbonyl (C=O) groups is 1. The van der Waals surface area contributed by atoms with E-state index in [0.717, 1.165) is 24.5 Å². The lowest BCUT2D eigenvalue weighted by Crippen LogP contribution is -2.32. The number of ether oxygens (including phenoxy) is 2. The van der Waals surface area contributed by atoms with Crippen LogP contribution in [-0.2, 0) is 11.2 Å². The molecule has 0 radical (unpaired) electrons. The van der Waals surface area contributed by atoms with Crippen molar-refractivity contribution in [3.8, 4) is 11.5 Å². The molecule has 110 valence electrons. The highest BCUT2D eigenvalue weighted by molar-refractivity contribution is 5.66. The van der Waals surface area contributed by atoms with Gasteiger partial charge in [-0.15, -0.1) is 0 Å². The third kappa shape index (κ3) is 3.87. The molecule has 0 aromatic heterocycles. The van der Waals surface area contributed by atoms with E-state index >= 15 is 0 Å². The monoisotopic (exact) mass is 279 g/mol. The maximum atomic E-state index is 10.5. The number of rotatable bonds is 7. The fourth-order valence-corrected chi connectivity index (χ4v) is 2.26. The minimum Gasteiger partial charge on any atom is -0.481 e. The first kappa shape index (κ1) is 14.7. The van der Waals surface area contributed by atoms with Crippen LogP contribution in [0.4, 0.5) is 0 Å². The largest absolute Gasteiger partial charge is 0.481 e. The third-order valence-corrected chi connectivity index (χ3v) is 3.62. The second kappa shape index (κ2) is 6.61. The van der Waals surface area contributed by atoms with Crippen LogP contribution in [0.1, 0.15) is 25.3 Å². The molecule has 0 spiro atoms. The molecule has 0 saturated heterocycles. The Morgan fingerprint density at radius 1 is 1.40 bits per heavy atom. The highest BCUT2D eigenvalue weighted by Gasteiger charge is 2.15. The molecule has 20 heavy (non-hydrogen) atoms. The Morgan fingerprint density at radius 3 is 2.90 bits per heavy atom. The van der Waals surface area contributed by atoms with Crippen molar-refractivity contribution < 1.29 is 19.4 Å². The summed E-state index contributed by atoms with van der Waals surface area (Å²) >= 11 is 0. The molecule has 0 amide bonds. The molecule has 1 aromatic rings. The molecule has 2 rings (SSSR count). The van der Waals surface area contributed by atoms with Crippen LogP contribution in [0.15, 0.2) is 18.2 Å². The number of aliphatic carboxylic acids is 1. The number of fused-ring (bicyclic) bond motifs is 1. The summed E-state index contributed by atoms with van der Waals surface area (Å²) in [6.45, 7) is 3.23. The first-order valence-corrected chi connectivity index (χ1v) is 6.87. The number of likely N-dealkylation sites (N-methyl/N-ethyl adjacent to an activating group) is 1. The molecule has 1 aliphatic heterocycles. The standard InChI is InChI=1S/C15H21NO4/c1-11(16(2)7-3-4-15(17)18)8-12-5-6-13-14(9-12)20-10-19-13/h5-6,9,11H,3-4,7-8,10H2,1-2H3,(H,17,18). The molecule has 1 heterocycles. The van der Waals surface area contributed by atoms with Gasteiger partial charge in [-0.3, -0.25) is 4.79 Å². The Balaban J connectivity index is 1.84. The molecular weight excluding hydrogens is 258 g/mol. The van der Waals surface area contributed by atoms with Gasteiger partial charge in [-0.1, -0.05) is 6.07 Å². The van der Waals surface area contributed by atoms with Crippen molar-refractivity contribution in [1.29, 1.82) is 0 Å². The van der Waals surface area contributed by atoms with Gasteiger partial charge in [-0.25, -0.2) is 0 Å². The summed E-state index contributed by atoms with van der Waals surface area (Å²) in [5, 5.41) is 8.65. The molecule has 5 nitrogen and oxygen atoms in total. The van der Waals surface area contributed by atoms with Gasteiger partial charge < -0.3 is 19.5 Å². The van der Waals surface area contributed by atoms with Gasteiger partial charge in [0, 0.05) is 12.5 Å². The summed E-state index contributed by atoms with van der Waals surface area (Å²) < 4.78 is 10.7. The van der Waals surface area contributed by atoms with E-state index in [1.54, 1.807) is 0 Å². The van der Waals surface area contributed by atoms with Crippen LogP contribution in [0.3, 0.4) is 0 Å². The van der Waals surface area contributed by atoms with Crippen LogP contribution in [0, 0.1) is 0 Å². The zero-order valence-electron chi connectivity index (χ0n) is 12.0. The van der Waals surface area contributed by atoms with Gasteiger partial charge in [0.2, 0.25) is 6.79 Å². The lowest BCUT2D eigenvalue weighted by atomic mass is 10.1. The van der Waals surface area contributed by atoms with Crippen molar-refractivity contribution in [2.24, 2.45) is 0 Å². The predicted molar refractivity (Wildman–Crippen MR) is 75.2 cm³/mol. The van der Waals surface area contributed by atoms with E-state index in [1.807, 2.05) is 19.2 Å². The van der Waals surface area contributed by atoms with Gasteiger partial charge in [0.15, 0.2) is 11.5 Å². The SMILES string of the molecule is CC(Cc1ccc2c(c1)OCO2)N(C)CCCC(=O)O. The van der Waals surface area contributed by atoms with Crippen molar-refractivity contribution in [2.45, 2.75) is 32.2 Å². The number of hydrogen-bond donors (Lipinski definition) is 1. The van der Waals surface area contributed by atoms with Gasteiger partial charge in [0.05, 0.1) is 0 Å². The Labute approximate surface area is 119 Å². The fraction of sp³-hybridized carbons (Fsp3) is 0.533. The van der Waals surface area contributed by atoms with Gasteiger partial charge in [0.25, 0.3) is 0 Å². The second-order valence-corrected chi connectivity index (χ2v) is 5.22.